The Bertz CT molecular complexity index is 754. The summed E-state index contributed by atoms with van der Waals surface area (Å²) in [6, 6.07) is 5.67. The summed E-state index contributed by atoms with van der Waals surface area (Å²) < 4.78 is 27.1. The Morgan fingerprint density at radius 2 is 2.10 bits per heavy atom. The van der Waals surface area contributed by atoms with Crippen molar-refractivity contribution < 1.29 is 8.42 Å². The van der Waals surface area contributed by atoms with Crippen LogP contribution in [0, 0.1) is 0 Å². The Labute approximate surface area is 124 Å². The summed E-state index contributed by atoms with van der Waals surface area (Å²) >= 11 is 0. The van der Waals surface area contributed by atoms with Crippen LogP contribution in [0.2, 0.25) is 0 Å². The van der Waals surface area contributed by atoms with Gasteiger partial charge < -0.3 is 0 Å². The summed E-state index contributed by atoms with van der Waals surface area (Å²) in [6.45, 7) is 0.590. The third-order valence-electron chi connectivity index (χ3n) is 3.88. The van der Waals surface area contributed by atoms with E-state index < -0.39 is 10.0 Å². The Kier molecular flexibility index (Phi) is 3.54. The van der Waals surface area contributed by atoms with E-state index in [9.17, 15) is 8.42 Å². The molecular weight excluding hydrogens is 288 g/mol. The predicted molar refractivity (Wildman–Crippen MR) is 80.0 cm³/mol. The average molecular weight is 306 g/mol. The number of sulfonamides is 1. The second-order valence-electron chi connectivity index (χ2n) is 5.35. The van der Waals surface area contributed by atoms with Crippen molar-refractivity contribution in [3.63, 3.8) is 0 Å². The second kappa shape index (κ2) is 5.23. The van der Waals surface area contributed by atoms with E-state index >= 15 is 0 Å². The molecule has 112 valence electrons. The van der Waals surface area contributed by atoms with Crippen molar-refractivity contribution in [2.75, 3.05) is 12.8 Å². The quantitative estimate of drug-likeness (QED) is 0.863. The first-order valence-electron chi connectivity index (χ1n) is 6.88. The van der Waals surface area contributed by atoms with Gasteiger partial charge >= 0.3 is 0 Å². The van der Waals surface area contributed by atoms with Gasteiger partial charge in [0.15, 0.2) is 0 Å². The zero-order valence-corrected chi connectivity index (χ0v) is 12.9. The summed E-state index contributed by atoms with van der Waals surface area (Å²) in [7, 11) is -1.32. The van der Waals surface area contributed by atoms with Gasteiger partial charge in [0.1, 0.15) is 0 Å². The first-order chi connectivity index (χ1) is 9.97. The van der Waals surface area contributed by atoms with Crippen LogP contribution in [0.5, 0.6) is 0 Å². The molecule has 0 radical (unpaired) electrons. The van der Waals surface area contributed by atoms with E-state index in [1.807, 2.05) is 25.2 Å². The maximum atomic E-state index is 11.9. The highest BCUT2D eigenvalue weighted by Crippen LogP contribution is 2.34. The summed E-state index contributed by atoms with van der Waals surface area (Å²) in [5.74, 6) is 0. The molecule has 0 N–H and O–H groups in total. The Morgan fingerprint density at radius 1 is 1.29 bits per heavy atom. The molecule has 3 rings (SSSR count). The maximum absolute atomic E-state index is 11.9. The van der Waals surface area contributed by atoms with E-state index in [0.717, 1.165) is 29.8 Å². The number of nitrogens with zero attached hydrogens (tertiary/aromatic N) is 4. The van der Waals surface area contributed by atoms with E-state index in [2.05, 4.69) is 10.1 Å². The molecule has 0 spiro atoms. The molecule has 7 heteroatoms. The summed E-state index contributed by atoms with van der Waals surface area (Å²) in [5, 5.41) is 4.14. The molecule has 1 fully saturated rings. The lowest BCUT2D eigenvalue weighted by atomic mass is 10.1. The van der Waals surface area contributed by atoms with Crippen molar-refractivity contribution in [2.45, 2.75) is 18.9 Å². The van der Waals surface area contributed by atoms with Crippen molar-refractivity contribution in [3.8, 4) is 11.4 Å². The fraction of sp³-hybridized carbons (Fsp3) is 0.429. The highest BCUT2D eigenvalue weighted by Gasteiger charge is 2.32. The Hall–Kier alpha value is -1.73. The number of hydrogen-bond acceptors (Lipinski definition) is 4. The van der Waals surface area contributed by atoms with Crippen LogP contribution in [0.25, 0.3) is 11.4 Å². The van der Waals surface area contributed by atoms with Gasteiger partial charge in [0.2, 0.25) is 10.0 Å². The Balaban J connectivity index is 1.99. The molecular formula is C14H18N4O2S. The topological polar surface area (TPSA) is 68.1 Å². The van der Waals surface area contributed by atoms with Gasteiger partial charge in [-0.25, -0.2) is 8.42 Å². The second-order valence-corrected chi connectivity index (χ2v) is 7.28. The van der Waals surface area contributed by atoms with Gasteiger partial charge in [0, 0.05) is 32.0 Å². The molecule has 2 aromatic heterocycles. The molecule has 0 saturated carbocycles. The minimum Gasteiger partial charge on any atom is -0.266 e. The van der Waals surface area contributed by atoms with Crippen LogP contribution in [0.1, 0.15) is 24.4 Å². The van der Waals surface area contributed by atoms with E-state index in [1.54, 1.807) is 21.4 Å². The van der Waals surface area contributed by atoms with Gasteiger partial charge in [-0.15, -0.1) is 0 Å². The highest BCUT2D eigenvalue weighted by atomic mass is 32.2. The maximum Gasteiger partial charge on any atom is 0.211 e. The third-order valence-corrected chi connectivity index (χ3v) is 5.17. The van der Waals surface area contributed by atoms with Crippen molar-refractivity contribution >= 4 is 10.0 Å². The van der Waals surface area contributed by atoms with Gasteiger partial charge in [-0.2, -0.15) is 9.40 Å². The van der Waals surface area contributed by atoms with E-state index in [0.29, 0.717) is 6.54 Å². The summed E-state index contributed by atoms with van der Waals surface area (Å²) in [6.07, 6.45) is 6.47. The molecule has 0 amide bonds. The Morgan fingerprint density at radius 3 is 2.76 bits per heavy atom. The van der Waals surface area contributed by atoms with Gasteiger partial charge in [-0.3, -0.25) is 9.67 Å². The fourth-order valence-corrected chi connectivity index (χ4v) is 4.04. The van der Waals surface area contributed by atoms with Crippen LogP contribution in [0.4, 0.5) is 0 Å². The van der Waals surface area contributed by atoms with E-state index in [1.165, 1.54) is 6.26 Å². The van der Waals surface area contributed by atoms with E-state index in [-0.39, 0.29) is 6.04 Å². The van der Waals surface area contributed by atoms with Gasteiger partial charge in [-0.05, 0) is 36.6 Å². The van der Waals surface area contributed by atoms with Gasteiger partial charge in [0.05, 0.1) is 17.6 Å². The summed E-state index contributed by atoms with van der Waals surface area (Å²) in [4.78, 5) is 4.37. The minimum atomic E-state index is -3.18. The van der Waals surface area contributed by atoms with Crippen molar-refractivity contribution in [3.05, 3.63) is 36.2 Å². The SMILES string of the molecule is Cn1nccc1-c1cc([C@@H]2CCCN2S(C)(=O)=O)ccn1. The lowest BCUT2D eigenvalue weighted by molar-refractivity contribution is 0.400. The molecule has 1 aliphatic heterocycles. The van der Waals surface area contributed by atoms with E-state index in [4.69, 9.17) is 0 Å². The van der Waals surface area contributed by atoms with Crippen LogP contribution in [0.15, 0.2) is 30.6 Å². The highest BCUT2D eigenvalue weighted by molar-refractivity contribution is 7.88. The number of rotatable bonds is 3. The van der Waals surface area contributed by atoms with Crippen molar-refractivity contribution in [1.29, 1.82) is 0 Å². The molecule has 1 aliphatic rings. The fourth-order valence-electron chi connectivity index (χ4n) is 2.89. The molecule has 1 saturated heterocycles. The standard InChI is InChI=1S/C14H18N4O2S/c1-17-14(6-8-16-17)12-10-11(5-7-15-12)13-4-3-9-18(13)21(2,19)20/h5-8,10,13H,3-4,9H2,1-2H3/t13-/m0/s1. The molecule has 0 unspecified atom stereocenters. The van der Waals surface area contributed by atoms with Crippen LogP contribution < -0.4 is 0 Å². The van der Waals surface area contributed by atoms with Crippen LogP contribution in [-0.2, 0) is 17.1 Å². The third kappa shape index (κ3) is 2.71. The van der Waals surface area contributed by atoms with Gasteiger partial charge in [0.25, 0.3) is 0 Å². The van der Waals surface area contributed by atoms with Gasteiger partial charge in [-0.1, -0.05) is 0 Å². The van der Waals surface area contributed by atoms with Crippen molar-refractivity contribution in [2.24, 2.45) is 7.05 Å². The van der Waals surface area contributed by atoms with Crippen molar-refractivity contribution in [1.82, 2.24) is 19.1 Å². The molecule has 21 heavy (non-hydrogen) atoms. The number of aromatic nitrogens is 3. The zero-order valence-electron chi connectivity index (χ0n) is 12.1. The molecule has 1 atom stereocenters. The molecule has 0 aromatic carbocycles. The first-order valence-corrected chi connectivity index (χ1v) is 8.73. The first kappa shape index (κ1) is 14.2. The lowest BCUT2D eigenvalue weighted by Crippen LogP contribution is -2.29. The zero-order chi connectivity index (χ0) is 15.0. The monoisotopic (exact) mass is 306 g/mol. The largest absolute Gasteiger partial charge is 0.266 e. The normalized spacial score (nSPS) is 20.0. The molecule has 3 heterocycles. The minimum absolute atomic E-state index is 0.0880. The number of hydrogen-bond donors (Lipinski definition) is 0. The lowest BCUT2D eigenvalue weighted by Gasteiger charge is -2.22. The molecule has 0 aliphatic carbocycles. The number of aryl methyl sites for hydroxylation is 1. The van der Waals surface area contributed by atoms with Crippen LogP contribution >= 0.6 is 0 Å². The molecule has 6 nitrogen and oxygen atoms in total. The molecule has 0 bridgehead atoms. The number of pyridine rings is 1. The predicted octanol–water partition coefficient (Wildman–Crippen LogP) is 1.58. The summed E-state index contributed by atoms with van der Waals surface area (Å²) in [5.41, 5.74) is 2.72. The average Bonchev–Trinajstić information content (AvgIpc) is 3.06. The van der Waals surface area contributed by atoms with Crippen LogP contribution in [-0.4, -0.2) is 40.3 Å². The smallest absolute Gasteiger partial charge is 0.211 e. The molecule has 2 aromatic rings. The van der Waals surface area contributed by atoms with Crippen LogP contribution in [0.3, 0.4) is 0 Å².